The van der Waals surface area contributed by atoms with Crippen molar-refractivity contribution in [3.63, 3.8) is 0 Å². The Kier molecular flexibility index (Phi) is 4.95. The van der Waals surface area contributed by atoms with Crippen LogP contribution in [0.5, 0.6) is 5.75 Å². The number of hydrogen-bond acceptors (Lipinski definition) is 3. The van der Waals surface area contributed by atoms with Crippen molar-refractivity contribution in [1.82, 2.24) is 5.32 Å². The van der Waals surface area contributed by atoms with Crippen molar-refractivity contribution in [2.75, 3.05) is 20.3 Å². The highest BCUT2D eigenvalue weighted by atomic mass is 16.5. The third-order valence-corrected chi connectivity index (χ3v) is 3.04. The first-order chi connectivity index (χ1) is 9.35. The van der Waals surface area contributed by atoms with E-state index < -0.39 is 0 Å². The number of benzene rings is 2. The van der Waals surface area contributed by atoms with Crippen LogP contribution in [0.25, 0.3) is 11.1 Å². The standard InChI is InChI=1S/C16H19NO2/c1-17-14(11-18)12-19-16-10-6-5-9-15(16)13-7-3-2-4-8-13/h2-10,14,17-18H,11-12H2,1H3. The van der Waals surface area contributed by atoms with Gasteiger partial charge in [0.1, 0.15) is 12.4 Å². The lowest BCUT2D eigenvalue weighted by atomic mass is 10.1. The Morgan fingerprint density at radius 2 is 1.74 bits per heavy atom. The van der Waals surface area contributed by atoms with Gasteiger partial charge in [-0.05, 0) is 18.7 Å². The summed E-state index contributed by atoms with van der Waals surface area (Å²) >= 11 is 0. The Morgan fingerprint density at radius 1 is 1.05 bits per heavy atom. The number of likely N-dealkylation sites (N-methyl/N-ethyl adjacent to an activating group) is 1. The quantitative estimate of drug-likeness (QED) is 0.834. The molecule has 0 fully saturated rings. The topological polar surface area (TPSA) is 41.5 Å². The van der Waals surface area contributed by atoms with Crippen LogP contribution >= 0.6 is 0 Å². The molecule has 2 N–H and O–H groups in total. The first kappa shape index (κ1) is 13.6. The van der Waals surface area contributed by atoms with E-state index in [0.29, 0.717) is 6.61 Å². The maximum Gasteiger partial charge on any atom is 0.127 e. The molecule has 2 aromatic carbocycles. The Hall–Kier alpha value is -1.84. The molecule has 0 aliphatic carbocycles. The zero-order valence-electron chi connectivity index (χ0n) is 11.0. The summed E-state index contributed by atoms with van der Waals surface area (Å²) in [4.78, 5) is 0. The Bertz CT molecular complexity index is 495. The minimum absolute atomic E-state index is 0.0520. The molecule has 19 heavy (non-hydrogen) atoms. The third-order valence-electron chi connectivity index (χ3n) is 3.04. The summed E-state index contributed by atoms with van der Waals surface area (Å²) in [6.07, 6.45) is 0. The van der Waals surface area contributed by atoms with Crippen LogP contribution in [0.4, 0.5) is 0 Å². The molecule has 3 heteroatoms. The van der Waals surface area contributed by atoms with Gasteiger partial charge in [0.2, 0.25) is 0 Å². The van der Waals surface area contributed by atoms with Gasteiger partial charge in [0, 0.05) is 5.56 Å². The second-order valence-electron chi connectivity index (χ2n) is 4.34. The van der Waals surface area contributed by atoms with Gasteiger partial charge in [-0.1, -0.05) is 48.5 Å². The molecule has 0 aliphatic heterocycles. The van der Waals surface area contributed by atoms with Crippen LogP contribution in [0, 0.1) is 0 Å². The van der Waals surface area contributed by atoms with Crippen molar-refractivity contribution in [3.05, 3.63) is 54.6 Å². The maximum absolute atomic E-state index is 9.15. The van der Waals surface area contributed by atoms with E-state index in [4.69, 9.17) is 9.84 Å². The van der Waals surface area contributed by atoms with Gasteiger partial charge in [0.25, 0.3) is 0 Å². The Morgan fingerprint density at radius 3 is 2.42 bits per heavy atom. The van der Waals surface area contributed by atoms with Gasteiger partial charge in [-0.3, -0.25) is 0 Å². The highest BCUT2D eigenvalue weighted by Crippen LogP contribution is 2.29. The average molecular weight is 257 g/mol. The minimum atomic E-state index is -0.0520. The van der Waals surface area contributed by atoms with Crippen LogP contribution < -0.4 is 10.1 Å². The van der Waals surface area contributed by atoms with E-state index >= 15 is 0 Å². The fourth-order valence-corrected chi connectivity index (χ4v) is 1.87. The van der Waals surface area contributed by atoms with E-state index in [9.17, 15) is 0 Å². The van der Waals surface area contributed by atoms with Crippen molar-refractivity contribution in [2.45, 2.75) is 6.04 Å². The van der Waals surface area contributed by atoms with Crippen LogP contribution in [0.2, 0.25) is 0 Å². The van der Waals surface area contributed by atoms with Crippen LogP contribution in [0.1, 0.15) is 0 Å². The lowest BCUT2D eigenvalue weighted by molar-refractivity contribution is 0.189. The first-order valence-corrected chi connectivity index (χ1v) is 6.40. The number of nitrogens with one attached hydrogen (secondary N) is 1. The largest absolute Gasteiger partial charge is 0.491 e. The molecule has 2 rings (SSSR count). The zero-order valence-corrected chi connectivity index (χ0v) is 11.0. The van der Waals surface area contributed by atoms with Crippen molar-refractivity contribution < 1.29 is 9.84 Å². The molecule has 0 heterocycles. The molecule has 0 aliphatic rings. The van der Waals surface area contributed by atoms with Gasteiger partial charge < -0.3 is 15.2 Å². The average Bonchev–Trinajstić information content (AvgIpc) is 2.49. The molecule has 2 aromatic rings. The van der Waals surface area contributed by atoms with Gasteiger partial charge in [0.05, 0.1) is 12.6 Å². The first-order valence-electron chi connectivity index (χ1n) is 6.40. The molecule has 0 saturated heterocycles. The Labute approximate surface area is 113 Å². The third kappa shape index (κ3) is 3.56. The second-order valence-corrected chi connectivity index (χ2v) is 4.34. The highest BCUT2D eigenvalue weighted by Gasteiger charge is 2.08. The molecule has 0 aromatic heterocycles. The number of hydrogen-bond donors (Lipinski definition) is 2. The molecule has 0 radical (unpaired) electrons. The molecule has 1 unspecified atom stereocenters. The van der Waals surface area contributed by atoms with E-state index in [1.807, 2.05) is 49.5 Å². The van der Waals surface area contributed by atoms with Gasteiger partial charge in [-0.15, -0.1) is 0 Å². The molecule has 0 bridgehead atoms. The van der Waals surface area contributed by atoms with Crippen molar-refractivity contribution in [3.8, 4) is 16.9 Å². The molecule has 0 spiro atoms. The molecule has 0 saturated carbocycles. The zero-order chi connectivity index (χ0) is 13.5. The van der Waals surface area contributed by atoms with E-state index in [1.54, 1.807) is 0 Å². The van der Waals surface area contributed by atoms with E-state index in [-0.39, 0.29) is 12.6 Å². The SMILES string of the molecule is CNC(CO)COc1ccccc1-c1ccccc1. The summed E-state index contributed by atoms with van der Waals surface area (Å²) in [7, 11) is 1.81. The van der Waals surface area contributed by atoms with Gasteiger partial charge >= 0.3 is 0 Å². The van der Waals surface area contributed by atoms with Gasteiger partial charge in [-0.2, -0.15) is 0 Å². The molecule has 3 nitrogen and oxygen atoms in total. The predicted molar refractivity (Wildman–Crippen MR) is 77.3 cm³/mol. The van der Waals surface area contributed by atoms with Gasteiger partial charge in [0.15, 0.2) is 0 Å². The molecule has 1 atom stereocenters. The highest BCUT2D eigenvalue weighted by molar-refractivity contribution is 5.70. The van der Waals surface area contributed by atoms with Crippen LogP contribution in [-0.4, -0.2) is 31.4 Å². The fourth-order valence-electron chi connectivity index (χ4n) is 1.87. The summed E-state index contributed by atoms with van der Waals surface area (Å²) in [5.41, 5.74) is 2.19. The number of aliphatic hydroxyl groups is 1. The number of rotatable bonds is 6. The summed E-state index contributed by atoms with van der Waals surface area (Å²) in [6, 6.07) is 18.0. The van der Waals surface area contributed by atoms with Crippen LogP contribution in [0.3, 0.4) is 0 Å². The van der Waals surface area contributed by atoms with Crippen LogP contribution in [-0.2, 0) is 0 Å². The Balaban J connectivity index is 2.17. The van der Waals surface area contributed by atoms with E-state index in [1.165, 1.54) is 0 Å². The van der Waals surface area contributed by atoms with Crippen molar-refractivity contribution >= 4 is 0 Å². The smallest absolute Gasteiger partial charge is 0.127 e. The lowest BCUT2D eigenvalue weighted by Crippen LogP contribution is -2.35. The summed E-state index contributed by atoms with van der Waals surface area (Å²) < 4.78 is 5.81. The number of ether oxygens (including phenoxy) is 1. The van der Waals surface area contributed by atoms with E-state index in [0.717, 1.165) is 16.9 Å². The maximum atomic E-state index is 9.15. The van der Waals surface area contributed by atoms with Crippen LogP contribution in [0.15, 0.2) is 54.6 Å². The van der Waals surface area contributed by atoms with Gasteiger partial charge in [-0.25, -0.2) is 0 Å². The van der Waals surface area contributed by atoms with Crippen molar-refractivity contribution in [1.29, 1.82) is 0 Å². The summed E-state index contributed by atoms with van der Waals surface area (Å²) in [5, 5.41) is 12.2. The molecule has 0 amide bonds. The number of aliphatic hydroxyl groups excluding tert-OH is 1. The van der Waals surface area contributed by atoms with E-state index in [2.05, 4.69) is 17.4 Å². The minimum Gasteiger partial charge on any atom is -0.491 e. The fraction of sp³-hybridized carbons (Fsp3) is 0.250. The predicted octanol–water partition coefficient (Wildman–Crippen LogP) is 2.31. The molecular weight excluding hydrogens is 238 g/mol. The normalized spacial score (nSPS) is 12.1. The molecule has 100 valence electrons. The molecular formula is C16H19NO2. The van der Waals surface area contributed by atoms with Crippen molar-refractivity contribution in [2.24, 2.45) is 0 Å². The second kappa shape index (κ2) is 6.92. The summed E-state index contributed by atoms with van der Waals surface area (Å²) in [5.74, 6) is 0.836. The lowest BCUT2D eigenvalue weighted by Gasteiger charge is -2.16. The summed E-state index contributed by atoms with van der Waals surface area (Å²) in [6.45, 7) is 0.501. The monoisotopic (exact) mass is 257 g/mol. The number of para-hydroxylation sites is 1.